The van der Waals surface area contributed by atoms with Crippen LogP contribution >= 0.6 is 11.6 Å². The van der Waals surface area contributed by atoms with E-state index in [9.17, 15) is 19.4 Å². The third kappa shape index (κ3) is 6.87. The van der Waals surface area contributed by atoms with E-state index < -0.39 is 11.9 Å². The Hall–Kier alpha value is -2.81. The van der Waals surface area contributed by atoms with Gasteiger partial charge in [0.25, 0.3) is 0 Å². The number of H-pyrrole nitrogens is 1. The van der Waals surface area contributed by atoms with Crippen molar-refractivity contribution in [3.05, 3.63) is 70.8 Å². The number of carboxylic acid groups (broad SMARTS) is 1. The molecule has 4 rings (SSSR count). The number of nitrogens with zero attached hydrogens (tertiary/aromatic N) is 3. The van der Waals surface area contributed by atoms with Gasteiger partial charge in [-0.1, -0.05) is 35.9 Å². The number of aliphatic carboxylic acids is 1. The summed E-state index contributed by atoms with van der Waals surface area (Å²) in [5.74, 6) is -1.24. The molecule has 1 aliphatic rings. The summed E-state index contributed by atoms with van der Waals surface area (Å²) in [5.41, 5.74) is 3.11. The number of aromatic nitrogens is 3. The van der Waals surface area contributed by atoms with Crippen LogP contribution in [0.3, 0.4) is 0 Å². The van der Waals surface area contributed by atoms with Crippen molar-refractivity contribution >= 4 is 17.6 Å². The lowest BCUT2D eigenvalue weighted by Gasteiger charge is -2.40. The number of aromatic amines is 1. The molecule has 2 heterocycles. The highest BCUT2D eigenvalue weighted by Gasteiger charge is 2.31. The maximum Gasteiger partial charge on any atom is 0.307 e. The zero-order valence-corrected chi connectivity index (χ0v) is 20.2. The average Bonchev–Trinajstić information content (AvgIpc) is 3.34. The minimum Gasteiger partial charge on any atom is -0.481 e. The van der Waals surface area contributed by atoms with Crippen LogP contribution in [0.1, 0.15) is 24.1 Å². The van der Waals surface area contributed by atoms with Crippen LogP contribution in [0.2, 0.25) is 5.02 Å². The summed E-state index contributed by atoms with van der Waals surface area (Å²) >= 11 is 6.04. The number of nitrogens with one attached hydrogen (secondary N) is 1. The van der Waals surface area contributed by atoms with Gasteiger partial charge in [0, 0.05) is 42.7 Å². The Morgan fingerprint density at radius 2 is 2.00 bits per heavy atom. The number of carboxylic acids is 1. The van der Waals surface area contributed by atoms with E-state index in [1.807, 2.05) is 24.3 Å². The van der Waals surface area contributed by atoms with Gasteiger partial charge in [-0.15, -0.1) is 0 Å². The first-order valence-electron chi connectivity index (χ1n) is 11.9. The molecule has 0 unspecified atom stereocenters. The number of hydrogen-bond acceptors (Lipinski definition) is 5. The molecule has 1 fully saturated rings. The minimum atomic E-state index is -0.796. The Labute approximate surface area is 208 Å². The molecule has 0 amide bonds. The Bertz CT molecular complexity index is 1100. The molecule has 3 N–H and O–H groups in total. The maximum atomic E-state index is 14.3. The lowest BCUT2D eigenvalue weighted by molar-refractivity contribution is -0.144. The normalized spacial score (nSPS) is 16.1. The first-order valence-corrected chi connectivity index (χ1v) is 12.2. The van der Waals surface area contributed by atoms with Gasteiger partial charge in [-0.05, 0) is 60.9 Å². The molecular weight excluding hydrogens is 471 g/mol. The van der Waals surface area contributed by atoms with E-state index in [4.69, 9.17) is 11.6 Å². The van der Waals surface area contributed by atoms with E-state index in [-0.39, 0.29) is 24.3 Å². The molecule has 1 aromatic heterocycles. The molecule has 186 valence electrons. The van der Waals surface area contributed by atoms with Crippen molar-refractivity contribution in [2.45, 2.75) is 25.7 Å². The third-order valence-corrected chi connectivity index (χ3v) is 6.96. The van der Waals surface area contributed by atoms with Crippen LogP contribution in [-0.2, 0) is 17.6 Å². The second-order valence-electron chi connectivity index (χ2n) is 9.43. The van der Waals surface area contributed by atoms with Crippen molar-refractivity contribution in [1.29, 1.82) is 0 Å². The van der Waals surface area contributed by atoms with Crippen LogP contribution < -0.4 is 0 Å². The molecule has 0 radical (unpaired) electrons. The zero-order chi connectivity index (χ0) is 24.8. The molecule has 0 saturated carbocycles. The standard InChI is InChI=1S/C26H30ClFN4O3/c27-22-6-8-25(28)24(11-22)20-4-1-17(2-5-20)9-18(3-7-23-12-29-31-30-23)10-21(26(34)35)15-32-13-19(14-32)16-33/h1-2,4-6,8,11-12,18-19,21,33H,3,7,9-10,13-16H2,(H,34,35)(H,29,30,31)/t18-,21+/m1/s1. The van der Waals surface area contributed by atoms with Gasteiger partial charge in [0.05, 0.1) is 17.8 Å². The van der Waals surface area contributed by atoms with Crippen LogP contribution in [0.15, 0.2) is 48.7 Å². The fourth-order valence-electron chi connectivity index (χ4n) is 4.78. The van der Waals surface area contributed by atoms with Crippen molar-refractivity contribution in [2.75, 3.05) is 26.2 Å². The highest BCUT2D eigenvalue weighted by atomic mass is 35.5. The molecular formula is C26H30ClFN4O3. The van der Waals surface area contributed by atoms with Crippen molar-refractivity contribution in [3.8, 4) is 11.1 Å². The van der Waals surface area contributed by atoms with Gasteiger partial charge in [0.2, 0.25) is 0 Å². The van der Waals surface area contributed by atoms with Crippen LogP contribution in [0.25, 0.3) is 11.1 Å². The van der Waals surface area contributed by atoms with Gasteiger partial charge in [-0.3, -0.25) is 4.79 Å². The van der Waals surface area contributed by atoms with Crippen LogP contribution in [0.5, 0.6) is 0 Å². The Kier molecular flexibility index (Phi) is 8.49. The number of hydrogen-bond donors (Lipinski definition) is 3. The number of aryl methyl sites for hydroxylation is 1. The van der Waals surface area contributed by atoms with Crippen molar-refractivity contribution in [2.24, 2.45) is 17.8 Å². The molecule has 7 nitrogen and oxygen atoms in total. The van der Waals surface area contributed by atoms with Crippen LogP contribution in [-0.4, -0.2) is 62.7 Å². The van der Waals surface area contributed by atoms with E-state index in [1.165, 1.54) is 12.1 Å². The quantitative estimate of drug-likeness (QED) is 0.346. The smallest absolute Gasteiger partial charge is 0.307 e. The van der Waals surface area contributed by atoms with Crippen molar-refractivity contribution < 1.29 is 19.4 Å². The van der Waals surface area contributed by atoms with Gasteiger partial charge in [0.1, 0.15) is 5.82 Å². The summed E-state index contributed by atoms with van der Waals surface area (Å²) < 4.78 is 14.3. The maximum absolute atomic E-state index is 14.3. The van der Waals surface area contributed by atoms with Gasteiger partial charge in [-0.25, -0.2) is 4.39 Å². The predicted octanol–water partition coefficient (Wildman–Crippen LogP) is 4.07. The number of aliphatic hydroxyl groups excluding tert-OH is 1. The van der Waals surface area contributed by atoms with Gasteiger partial charge in [-0.2, -0.15) is 15.4 Å². The van der Waals surface area contributed by atoms with E-state index >= 15 is 0 Å². The predicted molar refractivity (Wildman–Crippen MR) is 132 cm³/mol. The largest absolute Gasteiger partial charge is 0.481 e. The molecule has 0 aliphatic carbocycles. The molecule has 9 heteroatoms. The second kappa shape index (κ2) is 11.7. The minimum absolute atomic E-state index is 0.122. The Morgan fingerprint density at radius 1 is 1.23 bits per heavy atom. The van der Waals surface area contributed by atoms with E-state index in [1.54, 1.807) is 12.3 Å². The Morgan fingerprint density at radius 3 is 2.66 bits per heavy atom. The van der Waals surface area contributed by atoms with Crippen molar-refractivity contribution in [1.82, 2.24) is 20.3 Å². The highest BCUT2D eigenvalue weighted by molar-refractivity contribution is 6.30. The summed E-state index contributed by atoms with van der Waals surface area (Å²) in [6.45, 7) is 2.11. The summed E-state index contributed by atoms with van der Waals surface area (Å²) in [4.78, 5) is 14.2. The first-order chi connectivity index (χ1) is 16.9. The zero-order valence-electron chi connectivity index (χ0n) is 19.4. The molecule has 1 saturated heterocycles. The molecule has 2 aromatic carbocycles. The summed E-state index contributed by atoms with van der Waals surface area (Å²) in [6.07, 6.45) is 4.42. The number of aliphatic hydroxyl groups is 1. The monoisotopic (exact) mass is 500 g/mol. The number of benzene rings is 2. The Balaban J connectivity index is 1.45. The van der Waals surface area contributed by atoms with Crippen molar-refractivity contribution in [3.63, 3.8) is 0 Å². The van der Waals surface area contributed by atoms with E-state index in [0.29, 0.717) is 36.4 Å². The van der Waals surface area contributed by atoms with Crippen LogP contribution in [0, 0.1) is 23.6 Å². The molecule has 0 spiro atoms. The summed E-state index contributed by atoms with van der Waals surface area (Å²) in [7, 11) is 0. The van der Waals surface area contributed by atoms with Crippen LogP contribution in [0.4, 0.5) is 4.39 Å². The lowest BCUT2D eigenvalue weighted by atomic mass is 9.84. The summed E-state index contributed by atoms with van der Waals surface area (Å²) in [5, 5.41) is 30.2. The molecule has 35 heavy (non-hydrogen) atoms. The summed E-state index contributed by atoms with van der Waals surface area (Å²) in [6, 6.07) is 12.2. The van der Waals surface area contributed by atoms with E-state index in [2.05, 4.69) is 20.3 Å². The third-order valence-electron chi connectivity index (χ3n) is 6.73. The number of rotatable bonds is 12. The fourth-order valence-corrected chi connectivity index (χ4v) is 4.95. The number of likely N-dealkylation sites (tertiary alicyclic amines) is 1. The lowest BCUT2D eigenvalue weighted by Crippen LogP contribution is -2.51. The molecule has 2 atom stereocenters. The van der Waals surface area contributed by atoms with Gasteiger partial charge >= 0.3 is 5.97 Å². The average molecular weight is 501 g/mol. The SMILES string of the molecule is O=C(O)[C@@H](C[C@H](CCc1cn[nH]n1)Cc1ccc(-c2cc(Cl)ccc2F)cc1)CN1CC(CO)C1. The van der Waals surface area contributed by atoms with E-state index in [0.717, 1.165) is 36.3 Å². The number of carbonyl (C=O) groups is 1. The highest BCUT2D eigenvalue weighted by Crippen LogP contribution is 2.29. The molecule has 1 aliphatic heterocycles. The molecule has 3 aromatic rings. The fraction of sp³-hybridized carbons (Fsp3) is 0.423. The molecule has 0 bridgehead atoms. The second-order valence-corrected chi connectivity index (χ2v) is 9.87. The first kappa shape index (κ1) is 25.3. The number of halogens is 2. The van der Waals surface area contributed by atoms with Gasteiger partial charge in [0.15, 0.2) is 0 Å². The van der Waals surface area contributed by atoms with Gasteiger partial charge < -0.3 is 15.1 Å². The topological polar surface area (TPSA) is 102 Å².